The first-order valence-electron chi connectivity index (χ1n) is 17.0. The monoisotopic (exact) mass is 673 g/mol. The van der Waals surface area contributed by atoms with Gasteiger partial charge in [-0.2, -0.15) is 18.3 Å². The zero-order chi connectivity index (χ0) is 33.5. The topological polar surface area (TPSA) is 102 Å². The van der Waals surface area contributed by atoms with Crippen LogP contribution in [0.5, 0.6) is 0 Å². The van der Waals surface area contributed by atoms with Gasteiger partial charge in [-0.3, -0.25) is 14.4 Å². The minimum Gasteiger partial charge on any atom is -0.481 e. The molecule has 5 fully saturated rings. The summed E-state index contributed by atoms with van der Waals surface area (Å²) < 4.78 is 94.3. The first-order valence-corrected chi connectivity index (χ1v) is 17.0. The van der Waals surface area contributed by atoms with Crippen molar-refractivity contribution in [1.82, 2.24) is 14.7 Å². The first kappa shape index (κ1) is 32.9. The number of ether oxygens (including phenoxy) is 1. The van der Waals surface area contributed by atoms with Gasteiger partial charge in [0.15, 0.2) is 0 Å². The van der Waals surface area contributed by atoms with Gasteiger partial charge in [-0.05, 0) is 75.7 Å². The minimum atomic E-state index is -4.66. The molecule has 4 aliphatic carbocycles. The molecule has 14 heteroatoms. The van der Waals surface area contributed by atoms with Crippen LogP contribution in [0, 0.1) is 40.4 Å². The number of carbonyl (C=O) groups is 3. The summed E-state index contributed by atoms with van der Waals surface area (Å²) in [4.78, 5) is 41.6. The van der Waals surface area contributed by atoms with Gasteiger partial charge >= 0.3 is 12.1 Å². The summed E-state index contributed by atoms with van der Waals surface area (Å²) in [6.07, 6.45) is -8.08. The number of aromatic nitrogens is 2. The third-order valence-corrected chi connectivity index (χ3v) is 12.5. The summed E-state index contributed by atoms with van der Waals surface area (Å²) in [5, 5.41) is 14.0. The summed E-state index contributed by atoms with van der Waals surface area (Å²) in [6, 6.07) is 0. The zero-order valence-corrected chi connectivity index (χ0v) is 26.1. The van der Waals surface area contributed by atoms with E-state index in [0.29, 0.717) is 38.3 Å². The standard InChI is InChI=1S/C33H41F6N3O5/c34-23-12-18(30(45)46)5-6-19(23)26-20-7-4-17(28(43)41-11-10-31(14-41)15-47-16-31)13-24(20)42(40-26)29(44)25-21(27(35)36)2-1-3-22(25)32(8-9-32)33(37,38)39/h17-19,21-23,25,27H,1-16H2,(H,45,46). The molecule has 1 spiro atoms. The summed E-state index contributed by atoms with van der Waals surface area (Å²) >= 11 is 0. The molecule has 8 nitrogen and oxygen atoms in total. The third kappa shape index (κ3) is 5.48. The highest BCUT2D eigenvalue weighted by Gasteiger charge is 2.70. The molecule has 1 amide bonds. The molecule has 3 heterocycles. The van der Waals surface area contributed by atoms with Gasteiger partial charge in [0.25, 0.3) is 5.91 Å². The van der Waals surface area contributed by atoms with Gasteiger partial charge in [0.2, 0.25) is 12.3 Å². The zero-order valence-electron chi connectivity index (χ0n) is 26.1. The largest absolute Gasteiger partial charge is 0.481 e. The van der Waals surface area contributed by atoms with Crippen molar-refractivity contribution in [2.45, 2.75) is 102 Å². The lowest BCUT2D eigenvalue weighted by Gasteiger charge is -2.42. The van der Waals surface area contributed by atoms with E-state index in [1.165, 1.54) is 0 Å². The first-order chi connectivity index (χ1) is 22.3. The van der Waals surface area contributed by atoms with Crippen LogP contribution in [-0.4, -0.2) is 82.6 Å². The van der Waals surface area contributed by atoms with Crippen molar-refractivity contribution >= 4 is 17.8 Å². The number of carboxylic acid groups (broad SMARTS) is 1. The van der Waals surface area contributed by atoms with E-state index in [1.807, 2.05) is 0 Å². The van der Waals surface area contributed by atoms with E-state index in [2.05, 4.69) is 5.10 Å². The van der Waals surface area contributed by atoms with Crippen LogP contribution in [0.1, 0.15) is 91.9 Å². The number of carboxylic acids is 1. The SMILES string of the molecule is O=C(O)C1CCC(c2nn(C(=O)C3C(C(F)F)CCCC3C3(C(F)(F)F)CC3)c3c2CCC(C(=O)N2CCC4(COC4)C2)C3)C(F)C1. The fourth-order valence-corrected chi connectivity index (χ4v) is 9.62. The maximum absolute atomic E-state index is 15.6. The van der Waals surface area contributed by atoms with Crippen molar-refractivity contribution in [3.05, 3.63) is 17.0 Å². The maximum Gasteiger partial charge on any atom is 0.394 e. The number of hydrogen-bond donors (Lipinski definition) is 1. The normalized spacial score (nSPS) is 34.6. The Bertz CT molecular complexity index is 1420. The summed E-state index contributed by atoms with van der Waals surface area (Å²) in [6.45, 7) is 2.27. The number of carbonyl (C=O) groups excluding carboxylic acids is 2. The number of rotatable bonds is 6. The number of halogens is 6. The molecule has 47 heavy (non-hydrogen) atoms. The third-order valence-electron chi connectivity index (χ3n) is 12.5. The van der Waals surface area contributed by atoms with E-state index >= 15 is 4.39 Å². The molecule has 0 bridgehead atoms. The van der Waals surface area contributed by atoms with Crippen LogP contribution in [0.15, 0.2) is 0 Å². The average molecular weight is 674 g/mol. The number of alkyl halides is 6. The van der Waals surface area contributed by atoms with Gasteiger partial charge in [0, 0.05) is 42.7 Å². The highest BCUT2D eigenvalue weighted by Crippen LogP contribution is 2.67. The molecule has 3 saturated carbocycles. The van der Waals surface area contributed by atoms with E-state index in [9.17, 15) is 41.4 Å². The lowest BCUT2D eigenvalue weighted by Crippen LogP contribution is -2.48. The van der Waals surface area contributed by atoms with Crippen LogP contribution in [0.3, 0.4) is 0 Å². The van der Waals surface area contributed by atoms with Crippen molar-refractivity contribution in [1.29, 1.82) is 0 Å². The molecular weight excluding hydrogens is 632 g/mol. The average Bonchev–Trinajstić information content (AvgIpc) is 3.58. The molecule has 2 saturated heterocycles. The van der Waals surface area contributed by atoms with Gasteiger partial charge in [-0.15, -0.1) is 0 Å². The summed E-state index contributed by atoms with van der Waals surface area (Å²) in [7, 11) is 0. The second-order valence-electron chi connectivity index (χ2n) is 15.2. The van der Waals surface area contributed by atoms with E-state index in [4.69, 9.17) is 4.74 Å². The minimum absolute atomic E-state index is 0.0112. The summed E-state index contributed by atoms with van der Waals surface area (Å²) in [5.41, 5.74) is -1.20. The molecule has 7 atom stereocenters. The van der Waals surface area contributed by atoms with Gasteiger partial charge in [0.1, 0.15) is 6.17 Å². The Morgan fingerprint density at radius 3 is 2.30 bits per heavy atom. The Kier molecular flexibility index (Phi) is 8.22. The molecule has 6 aliphatic rings. The van der Waals surface area contributed by atoms with Gasteiger partial charge in [-0.1, -0.05) is 6.42 Å². The molecule has 7 rings (SSSR count). The van der Waals surface area contributed by atoms with Gasteiger partial charge in [0.05, 0.1) is 41.9 Å². The van der Waals surface area contributed by atoms with Crippen LogP contribution >= 0.6 is 0 Å². The van der Waals surface area contributed by atoms with Crippen molar-refractivity contribution in [3.63, 3.8) is 0 Å². The number of amides is 1. The van der Waals surface area contributed by atoms with Crippen molar-refractivity contribution in [2.24, 2.45) is 40.4 Å². The Hall–Kier alpha value is -2.64. The molecular formula is C33H41F6N3O5. The van der Waals surface area contributed by atoms with E-state index < -0.39 is 71.6 Å². The number of fused-ring (bicyclic) bond motifs is 1. The van der Waals surface area contributed by atoms with Crippen molar-refractivity contribution < 1.29 is 50.6 Å². The van der Waals surface area contributed by atoms with E-state index in [1.54, 1.807) is 4.90 Å². The molecule has 7 unspecified atom stereocenters. The quantitative estimate of drug-likeness (QED) is 0.382. The number of hydrogen-bond acceptors (Lipinski definition) is 5. The van der Waals surface area contributed by atoms with Gasteiger partial charge in [-0.25, -0.2) is 17.9 Å². The Labute approximate surface area is 268 Å². The second-order valence-corrected chi connectivity index (χ2v) is 15.2. The molecule has 1 aromatic rings. The summed E-state index contributed by atoms with van der Waals surface area (Å²) in [5.74, 6) is -9.00. The molecule has 1 aromatic heterocycles. The number of aliphatic carboxylic acids is 1. The van der Waals surface area contributed by atoms with Crippen LogP contribution in [0.4, 0.5) is 26.3 Å². The molecule has 2 aliphatic heterocycles. The lowest BCUT2D eigenvalue weighted by atomic mass is 9.65. The Balaban J connectivity index is 1.25. The maximum atomic E-state index is 15.6. The number of nitrogens with zero attached hydrogens (tertiary/aromatic N) is 3. The molecule has 1 N–H and O–H groups in total. The van der Waals surface area contributed by atoms with Crippen LogP contribution < -0.4 is 0 Å². The molecule has 0 aromatic carbocycles. The lowest BCUT2D eigenvalue weighted by molar-refractivity contribution is -0.214. The van der Waals surface area contributed by atoms with Crippen molar-refractivity contribution in [2.75, 3.05) is 26.3 Å². The van der Waals surface area contributed by atoms with Gasteiger partial charge < -0.3 is 14.7 Å². The van der Waals surface area contributed by atoms with Crippen LogP contribution in [0.25, 0.3) is 0 Å². The van der Waals surface area contributed by atoms with Crippen molar-refractivity contribution in [3.8, 4) is 0 Å². The second kappa shape index (κ2) is 11.8. The van der Waals surface area contributed by atoms with Crippen LogP contribution in [0.2, 0.25) is 0 Å². The smallest absolute Gasteiger partial charge is 0.394 e. The van der Waals surface area contributed by atoms with E-state index in [0.717, 1.165) is 11.1 Å². The Morgan fingerprint density at radius 2 is 1.72 bits per heavy atom. The van der Waals surface area contributed by atoms with Crippen LogP contribution in [-0.2, 0) is 27.2 Å². The molecule has 0 radical (unpaired) electrons. The fourth-order valence-electron chi connectivity index (χ4n) is 9.62. The highest BCUT2D eigenvalue weighted by molar-refractivity contribution is 5.84. The van der Waals surface area contributed by atoms with E-state index in [-0.39, 0.29) is 86.9 Å². The predicted molar refractivity (Wildman–Crippen MR) is 153 cm³/mol. The Morgan fingerprint density at radius 1 is 0.979 bits per heavy atom. The molecule has 260 valence electrons. The number of likely N-dealkylation sites (tertiary alicyclic amines) is 1. The predicted octanol–water partition coefficient (Wildman–Crippen LogP) is 5.82. The fraction of sp³-hybridized carbons (Fsp3) is 0.818. The highest BCUT2D eigenvalue weighted by atomic mass is 19.4.